The Morgan fingerprint density at radius 3 is 2.72 bits per heavy atom. The first-order chi connectivity index (χ1) is 19.1. The summed E-state index contributed by atoms with van der Waals surface area (Å²) in [5.74, 6) is 0.990. The van der Waals surface area contributed by atoms with Gasteiger partial charge in [0.25, 0.3) is 5.91 Å². The maximum Gasteiger partial charge on any atom is 0.272 e. The van der Waals surface area contributed by atoms with E-state index >= 15 is 0 Å². The van der Waals surface area contributed by atoms with Crippen LogP contribution < -0.4 is 5.32 Å². The first-order valence-corrected chi connectivity index (χ1v) is 14.0. The van der Waals surface area contributed by atoms with Crippen LogP contribution in [0.25, 0.3) is 22.3 Å². The zero-order valence-electron chi connectivity index (χ0n) is 21.9. The molecule has 4 heterocycles. The second kappa shape index (κ2) is 10.1. The fraction of sp³-hybridized carbons (Fsp3) is 0.400. The highest BCUT2D eigenvalue weighted by Gasteiger charge is 2.36. The van der Waals surface area contributed by atoms with Gasteiger partial charge < -0.3 is 15.3 Å². The van der Waals surface area contributed by atoms with E-state index in [2.05, 4.69) is 44.7 Å². The van der Waals surface area contributed by atoms with Gasteiger partial charge in [-0.05, 0) is 49.3 Å². The SMILES string of the molecule is O=C(c1cc(NC2CCC2)nc(-c2cccc3[nH]ncc23)n1)N1CC[C@@H](N2CCc3ccccc3C2)[C@H](O)C1. The molecule has 0 bridgehead atoms. The monoisotopic (exact) mass is 523 g/mol. The molecule has 2 aliphatic heterocycles. The van der Waals surface area contributed by atoms with Crippen molar-refractivity contribution in [1.82, 2.24) is 30.0 Å². The molecular formula is C30H33N7O2. The number of carbonyl (C=O) groups excluding carboxylic acids is 1. The third kappa shape index (κ3) is 4.66. The Kier molecular flexibility index (Phi) is 6.25. The van der Waals surface area contributed by atoms with Gasteiger partial charge >= 0.3 is 0 Å². The molecule has 2 fully saturated rings. The number of benzene rings is 2. The number of likely N-dealkylation sites (tertiary alicyclic amines) is 1. The summed E-state index contributed by atoms with van der Waals surface area (Å²) >= 11 is 0. The van der Waals surface area contributed by atoms with Crippen molar-refractivity contribution < 1.29 is 9.90 Å². The van der Waals surface area contributed by atoms with Gasteiger partial charge in [0.1, 0.15) is 11.5 Å². The van der Waals surface area contributed by atoms with Crippen LogP contribution in [-0.2, 0) is 13.0 Å². The van der Waals surface area contributed by atoms with E-state index in [0.717, 1.165) is 55.2 Å². The molecule has 4 aromatic rings. The van der Waals surface area contributed by atoms with Crippen molar-refractivity contribution in [3.8, 4) is 11.4 Å². The molecule has 7 rings (SSSR count). The van der Waals surface area contributed by atoms with Crippen molar-refractivity contribution in [1.29, 1.82) is 0 Å². The highest BCUT2D eigenvalue weighted by Crippen LogP contribution is 2.30. The summed E-state index contributed by atoms with van der Waals surface area (Å²) in [6.45, 7) is 2.65. The lowest BCUT2D eigenvalue weighted by Crippen LogP contribution is -2.56. The number of aromatic amines is 1. The van der Waals surface area contributed by atoms with Gasteiger partial charge in [0.15, 0.2) is 5.82 Å². The van der Waals surface area contributed by atoms with Gasteiger partial charge in [-0.25, -0.2) is 9.97 Å². The quantitative estimate of drug-likeness (QED) is 0.367. The largest absolute Gasteiger partial charge is 0.390 e. The summed E-state index contributed by atoms with van der Waals surface area (Å²) in [5.41, 5.74) is 4.80. The van der Waals surface area contributed by atoms with E-state index in [-0.39, 0.29) is 11.9 Å². The Balaban J connectivity index is 1.13. The molecular weight excluding hydrogens is 490 g/mol. The number of β-amino-alcohol motifs (C(OH)–C–C–N with tert-alkyl or cyclic N) is 1. The fourth-order valence-electron chi connectivity index (χ4n) is 6.17. The number of hydrogen-bond donors (Lipinski definition) is 3. The number of aliphatic hydroxyl groups excluding tert-OH is 1. The van der Waals surface area contributed by atoms with Gasteiger partial charge in [0.2, 0.25) is 0 Å². The minimum atomic E-state index is -0.610. The van der Waals surface area contributed by atoms with Crippen LogP contribution in [0.5, 0.6) is 0 Å². The Bertz CT molecular complexity index is 1510. The van der Waals surface area contributed by atoms with Gasteiger partial charge in [-0.2, -0.15) is 5.10 Å². The van der Waals surface area contributed by atoms with Crippen LogP contribution >= 0.6 is 0 Å². The molecule has 2 aromatic carbocycles. The molecule has 3 N–H and O–H groups in total. The van der Waals surface area contributed by atoms with Crippen LogP contribution in [0, 0.1) is 0 Å². The van der Waals surface area contributed by atoms with E-state index in [9.17, 15) is 9.90 Å². The molecule has 0 unspecified atom stereocenters. The average molecular weight is 524 g/mol. The van der Waals surface area contributed by atoms with E-state index in [4.69, 9.17) is 9.97 Å². The van der Waals surface area contributed by atoms with E-state index in [0.29, 0.717) is 36.5 Å². The number of amides is 1. The molecule has 2 aromatic heterocycles. The molecule has 39 heavy (non-hydrogen) atoms. The minimum Gasteiger partial charge on any atom is -0.390 e. The van der Waals surface area contributed by atoms with E-state index in [1.54, 1.807) is 17.2 Å². The molecule has 0 spiro atoms. The van der Waals surface area contributed by atoms with Gasteiger partial charge in [0, 0.05) is 55.3 Å². The molecule has 9 heteroatoms. The number of anilines is 1. The minimum absolute atomic E-state index is 0.0397. The number of aliphatic hydroxyl groups is 1. The number of fused-ring (bicyclic) bond motifs is 2. The number of hydrogen-bond acceptors (Lipinski definition) is 7. The fourth-order valence-corrected chi connectivity index (χ4v) is 6.17. The number of H-pyrrole nitrogens is 1. The predicted molar refractivity (Wildman–Crippen MR) is 149 cm³/mol. The van der Waals surface area contributed by atoms with Crippen molar-refractivity contribution in [2.75, 3.05) is 25.0 Å². The zero-order valence-corrected chi connectivity index (χ0v) is 21.9. The third-order valence-corrected chi connectivity index (χ3v) is 8.59. The Hall–Kier alpha value is -3.82. The predicted octanol–water partition coefficient (Wildman–Crippen LogP) is 3.62. The molecule has 2 atom stereocenters. The average Bonchev–Trinajstić information content (AvgIpc) is 3.43. The molecule has 1 saturated carbocycles. The lowest BCUT2D eigenvalue weighted by atomic mass is 9.93. The number of piperidine rings is 1. The van der Waals surface area contributed by atoms with E-state index in [1.165, 1.54) is 17.5 Å². The van der Waals surface area contributed by atoms with E-state index < -0.39 is 6.10 Å². The maximum absolute atomic E-state index is 13.8. The van der Waals surface area contributed by atoms with Gasteiger partial charge in [-0.3, -0.25) is 14.8 Å². The highest BCUT2D eigenvalue weighted by molar-refractivity contribution is 5.96. The summed E-state index contributed by atoms with van der Waals surface area (Å²) in [6.07, 6.45) is 6.27. The maximum atomic E-state index is 13.8. The Morgan fingerprint density at radius 1 is 1.03 bits per heavy atom. The molecule has 1 aliphatic carbocycles. The first kappa shape index (κ1) is 24.2. The van der Waals surface area contributed by atoms with Gasteiger partial charge in [0.05, 0.1) is 17.8 Å². The molecule has 1 amide bonds. The topological polar surface area (TPSA) is 110 Å². The summed E-state index contributed by atoms with van der Waals surface area (Å²) in [5, 5.41) is 22.8. The molecule has 1 saturated heterocycles. The van der Waals surface area contributed by atoms with Crippen LogP contribution in [0.3, 0.4) is 0 Å². The van der Waals surface area contributed by atoms with Crippen LogP contribution in [0.4, 0.5) is 5.82 Å². The number of nitrogens with zero attached hydrogens (tertiary/aromatic N) is 5. The number of aromatic nitrogens is 4. The van der Waals surface area contributed by atoms with Crippen molar-refractivity contribution >= 4 is 22.6 Å². The summed E-state index contributed by atoms with van der Waals surface area (Å²) in [4.78, 5) is 27.4. The second-order valence-electron chi connectivity index (χ2n) is 11.0. The zero-order chi connectivity index (χ0) is 26.3. The Morgan fingerprint density at radius 2 is 1.90 bits per heavy atom. The lowest BCUT2D eigenvalue weighted by Gasteiger charge is -2.43. The van der Waals surface area contributed by atoms with Gasteiger partial charge in [-0.15, -0.1) is 0 Å². The highest BCUT2D eigenvalue weighted by atomic mass is 16.3. The third-order valence-electron chi connectivity index (χ3n) is 8.59. The summed E-state index contributed by atoms with van der Waals surface area (Å²) < 4.78 is 0. The molecule has 0 radical (unpaired) electrons. The molecule has 3 aliphatic rings. The normalized spacial score (nSPS) is 21.9. The molecule has 200 valence electrons. The van der Waals surface area contributed by atoms with Crippen molar-refractivity contribution in [3.05, 3.63) is 71.5 Å². The standard InChI is InChI=1S/C30H33N7O2/c38-27-18-37(14-12-26(27)36-13-11-19-5-1-2-6-20(19)17-36)30(39)25-15-28(32-21-7-3-8-21)34-29(33-25)22-9-4-10-24-23(22)16-31-35-24/h1-2,4-6,9-10,15-16,21,26-27,38H,3,7-8,11-14,17-18H2,(H,31,35)(H,32,33,34)/t26-,27-/m1/s1. The Labute approximate surface area is 227 Å². The number of carbonyl (C=O) groups is 1. The summed E-state index contributed by atoms with van der Waals surface area (Å²) in [6, 6.07) is 16.6. The van der Waals surface area contributed by atoms with Crippen molar-refractivity contribution in [2.45, 2.75) is 56.8 Å². The van der Waals surface area contributed by atoms with Crippen LogP contribution in [-0.4, -0.2) is 78.8 Å². The second-order valence-corrected chi connectivity index (χ2v) is 11.0. The molecule has 9 nitrogen and oxygen atoms in total. The smallest absolute Gasteiger partial charge is 0.272 e. The van der Waals surface area contributed by atoms with Crippen molar-refractivity contribution in [2.24, 2.45) is 0 Å². The number of nitrogens with one attached hydrogen (secondary N) is 2. The van der Waals surface area contributed by atoms with Crippen LogP contribution in [0.1, 0.15) is 47.3 Å². The van der Waals surface area contributed by atoms with Gasteiger partial charge in [-0.1, -0.05) is 36.4 Å². The summed E-state index contributed by atoms with van der Waals surface area (Å²) in [7, 11) is 0. The van der Waals surface area contributed by atoms with Crippen LogP contribution in [0.15, 0.2) is 54.7 Å². The number of rotatable bonds is 5. The van der Waals surface area contributed by atoms with E-state index in [1.807, 2.05) is 18.2 Å². The lowest BCUT2D eigenvalue weighted by molar-refractivity contribution is -0.0139. The van der Waals surface area contributed by atoms with Crippen molar-refractivity contribution in [3.63, 3.8) is 0 Å². The first-order valence-electron chi connectivity index (χ1n) is 14.0. The van der Waals surface area contributed by atoms with Crippen LogP contribution in [0.2, 0.25) is 0 Å².